The van der Waals surface area contributed by atoms with Crippen LogP contribution in [0.3, 0.4) is 0 Å². The minimum atomic E-state index is -0.0603. The van der Waals surface area contributed by atoms with Crippen LogP contribution in [0.4, 0.5) is 9.93 Å². The highest BCUT2D eigenvalue weighted by Gasteiger charge is 2.18. The largest absolute Gasteiger partial charge is 0.324 e. The molecule has 1 N–H and O–H groups in total. The molecule has 0 aliphatic carbocycles. The predicted molar refractivity (Wildman–Crippen MR) is 79.1 cm³/mol. The van der Waals surface area contributed by atoms with Crippen LogP contribution in [-0.2, 0) is 0 Å². The molecule has 19 heavy (non-hydrogen) atoms. The van der Waals surface area contributed by atoms with E-state index in [0.717, 1.165) is 36.1 Å². The van der Waals surface area contributed by atoms with Crippen molar-refractivity contribution in [1.82, 2.24) is 9.88 Å². The monoisotopic (exact) mass is 295 g/mol. The first-order chi connectivity index (χ1) is 9.24. The lowest BCUT2D eigenvalue weighted by atomic mass is 10.1. The van der Waals surface area contributed by atoms with E-state index < -0.39 is 0 Å². The quantitative estimate of drug-likeness (QED) is 0.865. The molecule has 1 aromatic heterocycles. The number of hydrogen-bond donors (Lipinski definition) is 1. The molecule has 0 saturated carbocycles. The van der Waals surface area contributed by atoms with Gasteiger partial charge >= 0.3 is 6.03 Å². The van der Waals surface area contributed by atoms with Gasteiger partial charge in [0.25, 0.3) is 0 Å². The number of nitrogens with one attached hydrogen (secondary N) is 1. The van der Waals surface area contributed by atoms with Crippen LogP contribution in [0.1, 0.15) is 19.3 Å². The summed E-state index contributed by atoms with van der Waals surface area (Å²) in [5, 5.41) is 4.09. The number of likely N-dealkylation sites (tertiary alicyclic amines) is 1. The highest BCUT2D eigenvalue weighted by Crippen LogP contribution is 2.30. The number of amides is 2. The molecule has 0 spiro atoms. The topological polar surface area (TPSA) is 45.2 Å². The Morgan fingerprint density at radius 2 is 2.11 bits per heavy atom. The van der Waals surface area contributed by atoms with Crippen molar-refractivity contribution >= 4 is 44.3 Å². The van der Waals surface area contributed by atoms with Gasteiger partial charge in [-0.15, -0.1) is 0 Å². The van der Waals surface area contributed by atoms with E-state index in [1.54, 1.807) is 6.07 Å². The smallest absolute Gasteiger partial charge is 0.323 e. The summed E-state index contributed by atoms with van der Waals surface area (Å²) in [6.45, 7) is 1.66. The first-order valence-electron chi connectivity index (χ1n) is 6.35. The van der Waals surface area contributed by atoms with Crippen molar-refractivity contribution in [2.75, 3.05) is 18.4 Å². The fraction of sp³-hybridized carbons (Fsp3) is 0.385. The van der Waals surface area contributed by atoms with Gasteiger partial charge in [-0.2, -0.15) is 0 Å². The van der Waals surface area contributed by atoms with Crippen molar-refractivity contribution in [2.24, 2.45) is 0 Å². The molecule has 0 atom stereocenters. The number of carbonyl (C=O) groups excluding carboxylic acids is 1. The number of anilines is 1. The number of fused-ring (bicyclic) bond motifs is 1. The average Bonchev–Trinajstić information content (AvgIpc) is 2.84. The van der Waals surface area contributed by atoms with Crippen LogP contribution < -0.4 is 5.32 Å². The summed E-state index contributed by atoms with van der Waals surface area (Å²) in [5.74, 6) is 0. The van der Waals surface area contributed by atoms with Crippen LogP contribution in [0.5, 0.6) is 0 Å². The molecule has 100 valence electrons. The molecule has 0 unspecified atom stereocenters. The molecule has 1 aromatic carbocycles. The number of para-hydroxylation sites is 1. The number of rotatable bonds is 1. The molecule has 0 radical (unpaired) electrons. The van der Waals surface area contributed by atoms with Gasteiger partial charge in [-0.05, 0) is 31.4 Å². The Morgan fingerprint density at radius 1 is 1.32 bits per heavy atom. The summed E-state index contributed by atoms with van der Waals surface area (Å²) < 4.78 is 0.987. The zero-order chi connectivity index (χ0) is 13.2. The predicted octanol–water partition coefficient (Wildman–Crippen LogP) is 3.97. The first kappa shape index (κ1) is 12.7. The Kier molecular flexibility index (Phi) is 3.57. The maximum Gasteiger partial charge on any atom is 0.323 e. The van der Waals surface area contributed by atoms with Crippen molar-refractivity contribution in [1.29, 1.82) is 0 Å². The molecule has 6 heteroatoms. The van der Waals surface area contributed by atoms with Gasteiger partial charge in [0.1, 0.15) is 5.52 Å². The second-order valence-corrected chi connectivity index (χ2v) is 6.02. The third kappa shape index (κ3) is 2.67. The fourth-order valence-electron chi connectivity index (χ4n) is 2.24. The van der Waals surface area contributed by atoms with E-state index in [1.807, 2.05) is 17.0 Å². The Hall–Kier alpha value is -1.33. The van der Waals surface area contributed by atoms with Crippen LogP contribution in [0.2, 0.25) is 5.02 Å². The molecule has 1 saturated heterocycles. The molecule has 1 aliphatic rings. The lowest BCUT2D eigenvalue weighted by molar-refractivity contribution is 0.200. The van der Waals surface area contributed by atoms with E-state index in [4.69, 9.17) is 11.6 Å². The van der Waals surface area contributed by atoms with Gasteiger partial charge in [-0.1, -0.05) is 29.0 Å². The molecule has 2 heterocycles. The summed E-state index contributed by atoms with van der Waals surface area (Å²) in [6, 6.07) is 5.59. The third-order valence-corrected chi connectivity index (χ3v) is 4.47. The van der Waals surface area contributed by atoms with Crippen LogP contribution in [0, 0.1) is 0 Å². The molecule has 4 nitrogen and oxygen atoms in total. The highest BCUT2D eigenvalue weighted by atomic mass is 35.5. The van der Waals surface area contributed by atoms with Gasteiger partial charge in [-0.3, -0.25) is 5.32 Å². The SMILES string of the molecule is O=C(Nc1nc2c(Cl)cccc2s1)N1CCCCC1. The summed E-state index contributed by atoms with van der Waals surface area (Å²) in [5.41, 5.74) is 0.753. The standard InChI is InChI=1S/C13H14ClN3OS/c14-9-5-4-6-10-11(9)15-12(19-10)16-13(18)17-7-2-1-3-8-17/h4-6H,1-3,7-8H2,(H,15,16,18). The van der Waals surface area contributed by atoms with Gasteiger partial charge in [-0.25, -0.2) is 9.78 Å². The van der Waals surface area contributed by atoms with Crippen LogP contribution in [0.25, 0.3) is 10.2 Å². The van der Waals surface area contributed by atoms with Crippen LogP contribution in [0.15, 0.2) is 18.2 Å². The molecule has 0 bridgehead atoms. The molecule has 1 aliphatic heterocycles. The summed E-state index contributed by atoms with van der Waals surface area (Å²) in [4.78, 5) is 18.3. The minimum absolute atomic E-state index is 0.0603. The molecule has 2 amide bonds. The lowest BCUT2D eigenvalue weighted by Gasteiger charge is -2.26. The molecule has 3 rings (SSSR count). The number of thiazole rings is 1. The number of piperidine rings is 1. The van der Waals surface area contributed by atoms with Crippen molar-refractivity contribution in [3.8, 4) is 0 Å². The fourth-order valence-corrected chi connectivity index (χ4v) is 3.39. The van der Waals surface area contributed by atoms with Crippen LogP contribution in [-0.4, -0.2) is 29.0 Å². The summed E-state index contributed by atoms with van der Waals surface area (Å²) in [7, 11) is 0. The number of nitrogens with zero attached hydrogens (tertiary/aromatic N) is 2. The Labute approximate surface area is 120 Å². The van der Waals surface area contributed by atoms with Gasteiger partial charge in [0.2, 0.25) is 0 Å². The summed E-state index contributed by atoms with van der Waals surface area (Å²) >= 11 is 7.53. The maximum atomic E-state index is 12.1. The van der Waals surface area contributed by atoms with Crippen LogP contribution >= 0.6 is 22.9 Å². The number of halogens is 1. The zero-order valence-electron chi connectivity index (χ0n) is 10.4. The van der Waals surface area contributed by atoms with E-state index in [-0.39, 0.29) is 6.03 Å². The highest BCUT2D eigenvalue weighted by molar-refractivity contribution is 7.22. The maximum absolute atomic E-state index is 12.1. The van der Waals surface area contributed by atoms with E-state index in [2.05, 4.69) is 10.3 Å². The Morgan fingerprint density at radius 3 is 2.84 bits per heavy atom. The van der Waals surface area contributed by atoms with E-state index >= 15 is 0 Å². The molecular formula is C13H14ClN3OS. The molecular weight excluding hydrogens is 282 g/mol. The van der Waals surface area contributed by atoms with Crippen molar-refractivity contribution in [3.63, 3.8) is 0 Å². The zero-order valence-corrected chi connectivity index (χ0v) is 11.9. The lowest BCUT2D eigenvalue weighted by Crippen LogP contribution is -2.38. The van der Waals surface area contributed by atoms with Gasteiger partial charge in [0.15, 0.2) is 5.13 Å². The number of hydrogen-bond acceptors (Lipinski definition) is 3. The van der Waals surface area contributed by atoms with Crippen molar-refractivity contribution < 1.29 is 4.79 Å². The number of aromatic nitrogens is 1. The second-order valence-electron chi connectivity index (χ2n) is 4.58. The Balaban J connectivity index is 1.77. The number of urea groups is 1. The van der Waals surface area contributed by atoms with Gasteiger partial charge in [0, 0.05) is 13.1 Å². The number of carbonyl (C=O) groups is 1. The van der Waals surface area contributed by atoms with Gasteiger partial charge in [0.05, 0.1) is 9.72 Å². The summed E-state index contributed by atoms with van der Waals surface area (Å²) in [6.07, 6.45) is 3.37. The van der Waals surface area contributed by atoms with Crippen molar-refractivity contribution in [3.05, 3.63) is 23.2 Å². The second kappa shape index (κ2) is 5.35. The number of benzene rings is 1. The first-order valence-corrected chi connectivity index (χ1v) is 7.54. The van der Waals surface area contributed by atoms with E-state index in [1.165, 1.54) is 17.8 Å². The minimum Gasteiger partial charge on any atom is -0.324 e. The third-order valence-electron chi connectivity index (χ3n) is 3.23. The Bertz CT molecular complexity index is 607. The van der Waals surface area contributed by atoms with E-state index in [0.29, 0.717) is 10.2 Å². The average molecular weight is 296 g/mol. The van der Waals surface area contributed by atoms with Gasteiger partial charge < -0.3 is 4.90 Å². The van der Waals surface area contributed by atoms with Crippen molar-refractivity contribution in [2.45, 2.75) is 19.3 Å². The normalized spacial score (nSPS) is 15.7. The molecule has 1 fully saturated rings. The molecule has 2 aromatic rings. The van der Waals surface area contributed by atoms with E-state index in [9.17, 15) is 4.79 Å².